The van der Waals surface area contributed by atoms with Crippen LogP contribution in [-0.2, 0) is 9.59 Å². The number of carbonyl (C=O) groups excluding carboxylic acids is 2. The third kappa shape index (κ3) is 6.56. The lowest BCUT2D eigenvalue weighted by atomic mass is 10.1. The van der Waals surface area contributed by atoms with E-state index in [0.29, 0.717) is 29.6 Å². The van der Waals surface area contributed by atoms with Gasteiger partial charge in [0.05, 0.1) is 13.5 Å². The van der Waals surface area contributed by atoms with Crippen molar-refractivity contribution in [3.63, 3.8) is 0 Å². The van der Waals surface area contributed by atoms with E-state index in [9.17, 15) is 14.0 Å². The number of nitrogens with zero attached hydrogens (tertiary/aromatic N) is 4. The predicted octanol–water partition coefficient (Wildman–Crippen LogP) is 3.19. The van der Waals surface area contributed by atoms with E-state index in [0.717, 1.165) is 44.8 Å². The number of rotatable bonds is 10. The molecule has 8 nitrogen and oxygen atoms in total. The summed E-state index contributed by atoms with van der Waals surface area (Å²) in [5.74, 6) is 0.131. The van der Waals surface area contributed by atoms with E-state index in [1.165, 1.54) is 12.1 Å². The smallest absolute Gasteiger partial charge is 0.252 e. The van der Waals surface area contributed by atoms with E-state index < -0.39 is 6.04 Å². The first-order chi connectivity index (χ1) is 17.9. The average Bonchev–Trinajstić information content (AvgIpc) is 3.13. The van der Waals surface area contributed by atoms with Crippen molar-refractivity contribution in [2.75, 3.05) is 63.1 Å². The zero-order valence-electron chi connectivity index (χ0n) is 21.4. The van der Waals surface area contributed by atoms with Gasteiger partial charge in [0.1, 0.15) is 17.6 Å². The van der Waals surface area contributed by atoms with Gasteiger partial charge in [0.2, 0.25) is 5.91 Å². The van der Waals surface area contributed by atoms with Crippen LogP contribution in [0, 0.1) is 5.82 Å². The van der Waals surface area contributed by atoms with Gasteiger partial charge >= 0.3 is 0 Å². The van der Waals surface area contributed by atoms with Crippen molar-refractivity contribution in [3.05, 3.63) is 54.3 Å². The number of carbonyl (C=O) groups is 2. The maximum Gasteiger partial charge on any atom is 0.252 e. The number of ether oxygens (including phenoxy) is 1. The fraction of sp³-hybridized carbons (Fsp3) is 0.444. The molecule has 0 aliphatic carbocycles. The molecular weight excluding hydrogens is 493 g/mol. The van der Waals surface area contributed by atoms with Gasteiger partial charge in [0.25, 0.3) is 5.91 Å². The second-order valence-corrected chi connectivity index (χ2v) is 9.58. The predicted molar refractivity (Wildman–Crippen MR) is 146 cm³/mol. The molecule has 2 aliphatic rings. The van der Waals surface area contributed by atoms with Crippen molar-refractivity contribution in [1.82, 2.24) is 14.7 Å². The van der Waals surface area contributed by atoms with Crippen molar-refractivity contribution in [2.45, 2.75) is 25.8 Å². The highest BCUT2D eigenvalue weighted by Gasteiger charge is 2.42. The Labute approximate surface area is 223 Å². The quantitative estimate of drug-likeness (QED) is 0.476. The van der Waals surface area contributed by atoms with Gasteiger partial charge in [-0.15, -0.1) is 0 Å². The molecule has 0 bridgehead atoms. The van der Waals surface area contributed by atoms with Crippen LogP contribution in [-0.4, -0.2) is 90.6 Å². The number of hydrogen-bond acceptors (Lipinski definition) is 6. The molecule has 0 saturated carbocycles. The zero-order chi connectivity index (χ0) is 26.4. The molecule has 0 radical (unpaired) electrons. The third-order valence-corrected chi connectivity index (χ3v) is 7.36. The number of methoxy groups -OCH3 is 1. The summed E-state index contributed by atoms with van der Waals surface area (Å²) in [4.78, 5) is 34.0. The summed E-state index contributed by atoms with van der Waals surface area (Å²) in [5.41, 5.74) is 1.69. The maximum absolute atomic E-state index is 13.2. The molecule has 2 aromatic rings. The summed E-state index contributed by atoms with van der Waals surface area (Å²) in [6.45, 7) is 7.44. The fourth-order valence-corrected chi connectivity index (χ4v) is 5.28. The molecule has 2 aliphatic heterocycles. The van der Waals surface area contributed by atoms with E-state index in [-0.39, 0.29) is 24.1 Å². The van der Waals surface area contributed by atoms with Crippen LogP contribution < -0.4 is 15.0 Å². The Balaban J connectivity index is 1.28. The number of likely N-dealkylation sites (N-methyl/N-ethyl adjacent to an activating group) is 1. The summed E-state index contributed by atoms with van der Waals surface area (Å²) < 4.78 is 18.4. The Kier molecular flexibility index (Phi) is 8.94. The number of amides is 2. The number of anilines is 2. The molecule has 2 aromatic carbocycles. The third-order valence-electron chi connectivity index (χ3n) is 6.91. The number of thiocarbonyl (C=S) groups is 1. The molecule has 2 amide bonds. The number of hydrogen-bond donors (Lipinski definition) is 1. The zero-order valence-corrected chi connectivity index (χ0v) is 22.2. The van der Waals surface area contributed by atoms with Crippen molar-refractivity contribution >= 4 is 40.5 Å². The van der Waals surface area contributed by atoms with Crippen LogP contribution in [0.5, 0.6) is 5.75 Å². The minimum atomic E-state index is -0.596. The van der Waals surface area contributed by atoms with Gasteiger partial charge in [0, 0.05) is 50.6 Å². The van der Waals surface area contributed by atoms with E-state index in [1.807, 2.05) is 24.0 Å². The van der Waals surface area contributed by atoms with Crippen LogP contribution in [0.2, 0.25) is 0 Å². The Hall–Kier alpha value is -3.24. The summed E-state index contributed by atoms with van der Waals surface area (Å²) in [6.07, 6.45) is 0.871. The molecule has 2 heterocycles. The summed E-state index contributed by atoms with van der Waals surface area (Å²) >= 11 is 5.61. The highest BCUT2D eigenvalue weighted by molar-refractivity contribution is 7.80. The first kappa shape index (κ1) is 26.8. The summed E-state index contributed by atoms with van der Waals surface area (Å²) in [7, 11) is 1.59. The number of nitrogens with one attached hydrogen (secondary N) is 1. The van der Waals surface area contributed by atoms with Crippen LogP contribution >= 0.6 is 12.2 Å². The van der Waals surface area contributed by atoms with Gasteiger partial charge in [-0.25, -0.2) is 4.39 Å². The standard InChI is InChI=1S/C27H34FN5O3S/c1-3-32-26(35)24(19-25(34)29-21-7-11-23(36-2)12-8-21)33(27(32)37)14-4-13-30-15-17-31(18-16-30)22-9-5-20(28)6-10-22/h5-12,24H,3-4,13-19H2,1-2H3,(H,29,34)/t24-/m0/s1. The first-order valence-corrected chi connectivity index (χ1v) is 13.1. The van der Waals surface area contributed by atoms with Gasteiger partial charge in [-0.3, -0.25) is 19.4 Å². The second-order valence-electron chi connectivity index (χ2n) is 9.21. The molecule has 10 heteroatoms. The van der Waals surface area contributed by atoms with Crippen molar-refractivity contribution in [2.24, 2.45) is 0 Å². The Morgan fingerprint density at radius 3 is 2.35 bits per heavy atom. The minimum Gasteiger partial charge on any atom is -0.497 e. The molecule has 198 valence electrons. The van der Waals surface area contributed by atoms with Crippen molar-refractivity contribution in [3.8, 4) is 5.75 Å². The largest absolute Gasteiger partial charge is 0.497 e. The van der Waals surface area contributed by atoms with Gasteiger partial charge < -0.3 is 19.9 Å². The van der Waals surface area contributed by atoms with Crippen LogP contribution in [0.3, 0.4) is 0 Å². The second kappa shape index (κ2) is 12.3. The van der Waals surface area contributed by atoms with E-state index >= 15 is 0 Å². The lowest BCUT2D eigenvalue weighted by Crippen LogP contribution is -2.47. The Morgan fingerprint density at radius 2 is 1.73 bits per heavy atom. The van der Waals surface area contributed by atoms with Gasteiger partial charge in [-0.1, -0.05) is 0 Å². The normalized spacial score (nSPS) is 18.5. The highest BCUT2D eigenvalue weighted by atomic mass is 32.1. The molecule has 0 aromatic heterocycles. The van der Waals surface area contributed by atoms with Crippen LogP contribution in [0.4, 0.5) is 15.8 Å². The monoisotopic (exact) mass is 527 g/mol. The molecule has 37 heavy (non-hydrogen) atoms. The van der Waals surface area contributed by atoms with Gasteiger partial charge in [0.15, 0.2) is 5.11 Å². The lowest BCUT2D eigenvalue weighted by molar-refractivity contribution is -0.130. The SMILES string of the molecule is CCN1C(=O)[C@H](CC(=O)Nc2ccc(OC)cc2)N(CCCN2CCN(c3ccc(F)cc3)CC2)C1=S. The van der Waals surface area contributed by atoms with E-state index in [4.69, 9.17) is 17.0 Å². The topological polar surface area (TPSA) is 68.4 Å². The van der Waals surface area contributed by atoms with Crippen molar-refractivity contribution in [1.29, 1.82) is 0 Å². The lowest BCUT2D eigenvalue weighted by Gasteiger charge is -2.36. The molecule has 4 rings (SSSR count). The Morgan fingerprint density at radius 1 is 1.05 bits per heavy atom. The molecule has 2 saturated heterocycles. The van der Waals surface area contributed by atoms with E-state index in [1.54, 1.807) is 36.3 Å². The first-order valence-electron chi connectivity index (χ1n) is 12.7. The highest BCUT2D eigenvalue weighted by Crippen LogP contribution is 2.23. The molecular formula is C27H34FN5O3S. The number of halogens is 1. The van der Waals surface area contributed by atoms with Crippen LogP contribution in [0.25, 0.3) is 0 Å². The molecule has 1 N–H and O–H groups in total. The average molecular weight is 528 g/mol. The minimum absolute atomic E-state index is 0.0395. The van der Waals surface area contributed by atoms with Gasteiger partial charge in [-0.2, -0.15) is 0 Å². The van der Waals surface area contributed by atoms with Crippen LogP contribution in [0.15, 0.2) is 48.5 Å². The molecule has 0 unspecified atom stereocenters. The summed E-state index contributed by atoms with van der Waals surface area (Å²) in [5, 5.41) is 3.36. The van der Waals surface area contributed by atoms with Gasteiger partial charge in [-0.05, 0) is 80.6 Å². The fourth-order valence-electron chi connectivity index (χ4n) is 4.84. The summed E-state index contributed by atoms with van der Waals surface area (Å²) in [6, 6.07) is 13.1. The number of piperazine rings is 1. The molecule has 1 atom stereocenters. The van der Waals surface area contributed by atoms with E-state index in [2.05, 4.69) is 15.1 Å². The molecule has 2 fully saturated rings. The maximum atomic E-state index is 13.2. The Bertz CT molecular complexity index is 1090. The van der Waals surface area contributed by atoms with Crippen LogP contribution in [0.1, 0.15) is 19.8 Å². The van der Waals surface area contributed by atoms with Crippen molar-refractivity contribution < 1.29 is 18.7 Å². The number of benzene rings is 2. The molecule has 0 spiro atoms.